The summed E-state index contributed by atoms with van der Waals surface area (Å²) in [6.45, 7) is 1.96. The molecule has 0 bridgehead atoms. The number of para-hydroxylation sites is 1. The van der Waals surface area contributed by atoms with E-state index in [1.807, 2.05) is 66.1 Å². The second-order valence-electron chi connectivity index (χ2n) is 6.34. The molecule has 3 N–H and O–H groups in total. The van der Waals surface area contributed by atoms with Crippen LogP contribution < -0.4 is 5.73 Å². The number of phenolic OH excluding ortho intramolecular Hbond substituents is 1. The highest BCUT2D eigenvalue weighted by atomic mass is 35.5. The third kappa shape index (κ3) is 2.83. The van der Waals surface area contributed by atoms with Crippen LogP contribution in [-0.2, 0) is 0 Å². The molecule has 4 nitrogen and oxygen atoms in total. The molecular weight excluding hydrogens is 346 g/mol. The molecule has 4 rings (SSSR count). The Balaban J connectivity index is 1.82. The molecule has 0 aliphatic heterocycles. The molecular formula is C21H18ClN3O. The Bertz CT molecular complexity index is 1100. The molecule has 0 radical (unpaired) electrons. The van der Waals surface area contributed by atoms with Gasteiger partial charge in [-0.25, -0.2) is 4.98 Å². The van der Waals surface area contributed by atoms with E-state index in [0.717, 1.165) is 27.8 Å². The molecule has 1 atom stereocenters. The Hall–Kier alpha value is -2.82. The van der Waals surface area contributed by atoms with Crippen LogP contribution >= 0.6 is 11.6 Å². The van der Waals surface area contributed by atoms with E-state index in [0.29, 0.717) is 10.6 Å². The van der Waals surface area contributed by atoms with Gasteiger partial charge < -0.3 is 10.8 Å². The Morgan fingerprint density at radius 2 is 1.88 bits per heavy atom. The summed E-state index contributed by atoms with van der Waals surface area (Å²) in [5, 5.41) is 10.6. The van der Waals surface area contributed by atoms with E-state index in [-0.39, 0.29) is 11.8 Å². The van der Waals surface area contributed by atoms with Gasteiger partial charge in [-0.15, -0.1) is 0 Å². The first kappa shape index (κ1) is 16.6. The molecule has 3 aromatic carbocycles. The van der Waals surface area contributed by atoms with Crippen molar-refractivity contribution >= 4 is 22.6 Å². The van der Waals surface area contributed by atoms with Crippen LogP contribution in [-0.4, -0.2) is 14.7 Å². The summed E-state index contributed by atoms with van der Waals surface area (Å²) in [7, 11) is 0. The van der Waals surface area contributed by atoms with E-state index in [4.69, 9.17) is 17.3 Å². The molecule has 5 heteroatoms. The van der Waals surface area contributed by atoms with Crippen LogP contribution in [0.2, 0.25) is 5.02 Å². The molecule has 1 heterocycles. The van der Waals surface area contributed by atoms with Gasteiger partial charge in [-0.2, -0.15) is 0 Å². The third-order valence-electron chi connectivity index (χ3n) is 4.52. The van der Waals surface area contributed by atoms with E-state index in [1.165, 1.54) is 0 Å². The minimum atomic E-state index is -0.0290. The number of halogens is 1. The van der Waals surface area contributed by atoms with E-state index >= 15 is 0 Å². The maximum Gasteiger partial charge on any atom is 0.141 e. The first-order valence-electron chi connectivity index (χ1n) is 8.35. The lowest BCUT2D eigenvalue weighted by Gasteiger charge is -2.10. The number of imidazole rings is 1. The molecule has 0 amide bonds. The lowest BCUT2D eigenvalue weighted by atomic mass is 10.0. The summed E-state index contributed by atoms with van der Waals surface area (Å²) < 4.78 is 2.02. The van der Waals surface area contributed by atoms with Crippen LogP contribution in [0.3, 0.4) is 0 Å². The Morgan fingerprint density at radius 1 is 1.08 bits per heavy atom. The predicted molar refractivity (Wildman–Crippen MR) is 106 cm³/mol. The van der Waals surface area contributed by atoms with Gasteiger partial charge in [0.05, 0.1) is 16.1 Å². The maximum atomic E-state index is 10.3. The quantitative estimate of drug-likeness (QED) is 0.534. The fraction of sp³-hybridized carbons (Fsp3) is 0.0952. The topological polar surface area (TPSA) is 64.1 Å². The van der Waals surface area contributed by atoms with Gasteiger partial charge in [-0.3, -0.25) is 4.57 Å². The van der Waals surface area contributed by atoms with Crippen LogP contribution in [0.4, 0.5) is 0 Å². The summed E-state index contributed by atoms with van der Waals surface area (Å²) in [6.07, 6.45) is 1.80. The molecule has 0 aliphatic carbocycles. The smallest absolute Gasteiger partial charge is 0.141 e. The lowest BCUT2D eigenvalue weighted by molar-refractivity contribution is 0.477. The zero-order valence-corrected chi connectivity index (χ0v) is 15.0. The van der Waals surface area contributed by atoms with Gasteiger partial charge >= 0.3 is 0 Å². The number of aromatic nitrogens is 2. The fourth-order valence-corrected chi connectivity index (χ4v) is 3.26. The Labute approximate surface area is 156 Å². The molecule has 0 saturated carbocycles. The third-order valence-corrected chi connectivity index (χ3v) is 4.82. The maximum absolute atomic E-state index is 10.3. The number of aromatic hydroxyl groups is 1. The van der Waals surface area contributed by atoms with Gasteiger partial charge in [0, 0.05) is 17.3 Å². The fourth-order valence-electron chi connectivity index (χ4n) is 3.09. The monoisotopic (exact) mass is 363 g/mol. The lowest BCUT2D eigenvalue weighted by Crippen LogP contribution is -2.04. The summed E-state index contributed by atoms with van der Waals surface area (Å²) in [6, 6.07) is 19.3. The van der Waals surface area contributed by atoms with Gasteiger partial charge in [0.15, 0.2) is 0 Å². The van der Waals surface area contributed by atoms with Gasteiger partial charge in [0.1, 0.15) is 12.1 Å². The average Bonchev–Trinajstić information content (AvgIpc) is 3.07. The molecule has 0 aliphatic rings. The summed E-state index contributed by atoms with van der Waals surface area (Å²) in [5.41, 5.74) is 11.5. The second-order valence-corrected chi connectivity index (χ2v) is 6.74. The molecule has 0 saturated heterocycles. The molecule has 130 valence electrons. The number of fused-ring (bicyclic) bond motifs is 1. The number of rotatable bonds is 3. The molecule has 0 unspecified atom stereocenters. The average molecular weight is 364 g/mol. The normalized spacial score (nSPS) is 12.4. The first-order chi connectivity index (χ1) is 12.5. The van der Waals surface area contributed by atoms with Crippen molar-refractivity contribution in [2.24, 2.45) is 5.73 Å². The van der Waals surface area contributed by atoms with Crippen molar-refractivity contribution < 1.29 is 5.11 Å². The van der Waals surface area contributed by atoms with Crippen LogP contribution in [0.25, 0.3) is 27.8 Å². The minimum absolute atomic E-state index is 0.0290. The van der Waals surface area contributed by atoms with Crippen molar-refractivity contribution in [3.05, 3.63) is 77.6 Å². The van der Waals surface area contributed by atoms with Gasteiger partial charge in [0.2, 0.25) is 0 Å². The summed E-state index contributed by atoms with van der Waals surface area (Å²) >= 11 is 6.05. The van der Waals surface area contributed by atoms with Crippen molar-refractivity contribution in [2.45, 2.75) is 13.0 Å². The first-order valence-corrected chi connectivity index (χ1v) is 8.73. The number of nitrogens with zero attached hydrogens (tertiary/aromatic N) is 2. The van der Waals surface area contributed by atoms with Crippen molar-refractivity contribution in [2.75, 3.05) is 0 Å². The van der Waals surface area contributed by atoms with E-state index in [1.54, 1.807) is 12.4 Å². The zero-order valence-electron chi connectivity index (χ0n) is 14.2. The van der Waals surface area contributed by atoms with Crippen LogP contribution in [0, 0.1) is 0 Å². The van der Waals surface area contributed by atoms with Crippen molar-refractivity contribution in [3.63, 3.8) is 0 Å². The number of hydrogen-bond acceptors (Lipinski definition) is 3. The van der Waals surface area contributed by atoms with Crippen LogP contribution in [0.5, 0.6) is 5.75 Å². The standard InChI is InChI=1S/C21H18ClN3O/c1-13(23)14-8-9-20-19(11-14)24-12-25(20)16-5-2-4-15(10-16)17-6-3-7-18(22)21(17)26/h2-13,26H,23H2,1H3/t13-/m0/s1. The van der Waals surface area contributed by atoms with Gasteiger partial charge in [0.25, 0.3) is 0 Å². The molecule has 0 fully saturated rings. The second kappa shape index (κ2) is 6.48. The molecule has 26 heavy (non-hydrogen) atoms. The predicted octanol–water partition coefficient (Wildman–Crippen LogP) is 5.07. The minimum Gasteiger partial charge on any atom is -0.506 e. The number of phenols is 1. The SMILES string of the molecule is C[C@H](N)c1ccc2c(c1)ncn2-c1cccc(-c2cccc(Cl)c2O)c1. The number of nitrogens with two attached hydrogens (primary N) is 1. The van der Waals surface area contributed by atoms with Crippen molar-refractivity contribution in [3.8, 4) is 22.6 Å². The molecule has 1 aromatic heterocycles. The van der Waals surface area contributed by atoms with Crippen LogP contribution in [0.15, 0.2) is 67.0 Å². The Morgan fingerprint density at radius 3 is 2.69 bits per heavy atom. The van der Waals surface area contributed by atoms with Crippen LogP contribution in [0.1, 0.15) is 18.5 Å². The van der Waals surface area contributed by atoms with Gasteiger partial charge in [-0.1, -0.05) is 41.9 Å². The molecule has 4 aromatic rings. The Kier molecular flexibility index (Phi) is 4.15. The molecule has 0 spiro atoms. The number of hydrogen-bond donors (Lipinski definition) is 2. The van der Waals surface area contributed by atoms with E-state index < -0.39 is 0 Å². The summed E-state index contributed by atoms with van der Waals surface area (Å²) in [4.78, 5) is 4.51. The highest BCUT2D eigenvalue weighted by molar-refractivity contribution is 6.32. The largest absolute Gasteiger partial charge is 0.506 e. The highest BCUT2D eigenvalue weighted by Crippen LogP contribution is 2.35. The number of benzene rings is 3. The van der Waals surface area contributed by atoms with Crippen molar-refractivity contribution in [1.29, 1.82) is 0 Å². The van der Waals surface area contributed by atoms with E-state index in [9.17, 15) is 5.11 Å². The zero-order chi connectivity index (χ0) is 18.3. The summed E-state index contributed by atoms with van der Waals surface area (Å²) in [5.74, 6) is 0.0865. The van der Waals surface area contributed by atoms with Gasteiger partial charge in [-0.05, 0) is 48.4 Å². The van der Waals surface area contributed by atoms with Crippen molar-refractivity contribution in [1.82, 2.24) is 9.55 Å². The highest BCUT2D eigenvalue weighted by Gasteiger charge is 2.11. The van der Waals surface area contributed by atoms with E-state index in [2.05, 4.69) is 4.98 Å².